The largest absolute Gasteiger partial charge is 0.493 e. The molecule has 1 heterocycles. The van der Waals surface area contributed by atoms with Gasteiger partial charge in [-0.15, -0.1) is 0 Å². The van der Waals surface area contributed by atoms with E-state index < -0.39 is 11.7 Å². The fourth-order valence-corrected chi connectivity index (χ4v) is 2.28. The maximum Gasteiger partial charge on any atom is 0.258 e. The van der Waals surface area contributed by atoms with E-state index in [4.69, 9.17) is 4.74 Å². The van der Waals surface area contributed by atoms with Crippen LogP contribution >= 0.6 is 0 Å². The fraction of sp³-hybridized carbons (Fsp3) is 0.188. The number of hydrogen-bond acceptors (Lipinski definition) is 2. The van der Waals surface area contributed by atoms with Crippen molar-refractivity contribution >= 4 is 11.6 Å². The van der Waals surface area contributed by atoms with Crippen molar-refractivity contribution < 1.29 is 13.9 Å². The van der Waals surface area contributed by atoms with E-state index in [0.717, 1.165) is 23.3 Å². The first-order valence-corrected chi connectivity index (χ1v) is 6.47. The molecule has 1 N–H and O–H groups in total. The van der Waals surface area contributed by atoms with Gasteiger partial charge in [-0.1, -0.05) is 11.6 Å². The van der Waals surface area contributed by atoms with Gasteiger partial charge in [0.2, 0.25) is 0 Å². The molecule has 0 aromatic heterocycles. The molecule has 0 aliphatic carbocycles. The molecular weight excluding hydrogens is 257 g/mol. The monoisotopic (exact) mass is 271 g/mol. The van der Waals surface area contributed by atoms with Crippen LogP contribution in [0, 0.1) is 12.7 Å². The van der Waals surface area contributed by atoms with Crippen molar-refractivity contribution in [1.29, 1.82) is 0 Å². The lowest BCUT2D eigenvalue weighted by atomic mass is 10.1. The number of fused-ring (bicyclic) bond motifs is 1. The number of carbonyl (C=O) groups excluding carboxylic acids is 1. The normalized spacial score (nSPS) is 12.7. The zero-order valence-electron chi connectivity index (χ0n) is 11.1. The van der Waals surface area contributed by atoms with Crippen LogP contribution in [0.4, 0.5) is 10.1 Å². The fourth-order valence-electron chi connectivity index (χ4n) is 2.28. The molecule has 1 aliphatic rings. The Kier molecular flexibility index (Phi) is 3.14. The summed E-state index contributed by atoms with van der Waals surface area (Å²) in [4.78, 5) is 12.1. The predicted molar refractivity (Wildman–Crippen MR) is 74.7 cm³/mol. The van der Waals surface area contributed by atoms with E-state index >= 15 is 0 Å². The molecule has 0 bridgehead atoms. The zero-order valence-corrected chi connectivity index (χ0v) is 11.1. The minimum Gasteiger partial charge on any atom is -0.493 e. The number of hydrogen-bond donors (Lipinski definition) is 1. The Bertz CT molecular complexity index is 682. The van der Waals surface area contributed by atoms with E-state index in [1.807, 2.05) is 19.1 Å². The topological polar surface area (TPSA) is 38.3 Å². The molecule has 3 rings (SSSR count). The highest BCUT2D eigenvalue weighted by Gasteiger charge is 2.15. The number of carbonyl (C=O) groups is 1. The summed E-state index contributed by atoms with van der Waals surface area (Å²) in [5.41, 5.74) is 2.62. The summed E-state index contributed by atoms with van der Waals surface area (Å²) in [7, 11) is 0. The summed E-state index contributed by atoms with van der Waals surface area (Å²) in [5, 5.41) is 2.72. The molecule has 3 nitrogen and oxygen atoms in total. The van der Waals surface area contributed by atoms with E-state index in [2.05, 4.69) is 5.32 Å². The number of aryl methyl sites for hydroxylation is 1. The highest BCUT2D eigenvalue weighted by Crippen LogP contribution is 2.28. The number of benzene rings is 2. The number of ether oxygens (including phenoxy) is 1. The van der Waals surface area contributed by atoms with Gasteiger partial charge in [-0.2, -0.15) is 0 Å². The number of anilines is 1. The van der Waals surface area contributed by atoms with Crippen LogP contribution < -0.4 is 10.1 Å². The molecule has 1 aliphatic heterocycles. The van der Waals surface area contributed by atoms with Crippen LogP contribution in [0.1, 0.15) is 21.5 Å². The summed E-state index contributed by atoms with van der Waals surface area (Å²) in [6.45, 7) is 2.49. The van der Waals surface area contributed by atoms with Gasteiger partial charge in [-0.05, 0) is 42.8 Å². The quantitative estimate of drug-likeness (QED) is 0.910. The number of rotatable bonds is 2. The first-order valence-electron chi connectivity index (χ1n) is 6.47. The third-order valence-electron chi connectivity index (χ3n) is 3.31. The van der Waals surface area contributed by atoms with E-state index in [1.54, 1.807) is 18.2 Å². The molecule has 102 valence electrons. The Hall–Kier alpha value is -2.36. The SMILES string of the molecule is Cc1ccc(F)c(C(=O)Nc2ccc3c(c2)CCO3)c1. The first-order chi connectivity index (χ1) is 9.63. The molecule has 0 saturated carbocycles. The van der Waals surface area contributed by atoms with E-state index in [1.165, 1.54) is 6.07 Å². The Labute approximate surface area is 116 Å². The van der Waals surface area contributed by atoms with Gasteiger partial charge in [0.15, 0.2) is 0 Å². The standard InChI is InChI=1S/C16H14FNO2/c1-10-2-4-14(17)13(8-10)16(19)18-12-3-5-15-11(9-12)6-7-20-15/h2-5,8-9H,6-7H2,1H3,(H,18,19). The third-order valence-corrected chi connectivity index (χ3v) is 3.31. The van der Waals surface area contributed by atoms with Crippen LogP contribution in [-0.4, -0.2) is 12.5 Å². The van der Waals surface area contributed by atoms with E-state index in [0.29, 0.717) is 12.3 Å². The van der Waals surface area contributed by atoms with Gasteiger partial charge in [-0.3, -0.25) is 4.79 Å². The van der Waals surface area contributed by atoms with Crippen LogP contribution in [0.3, 0.4) is 0 Å². The van der Waals surface area contributed by atoms with Crippen molar-refractivity contribution in [3.8, 4) is 5.75 Å². The van der Waals surface area contributed by atoms with Gasteiger partial charge >= 0.3 is 0 Å². The van der Waals surface area contributed by atoms with E-state index in [-0.39, 0.29) is 5.56 Å². The smallest absolute Gasteiger partial charge is 0.258 e. The minimum atomic E-state index is -0.516. The van der Waals surface area contributed by atoms with Crippen molar-refractivity contribution in [2.45, 2.75) is 13.3 Å². The average Bonchev–Trinajstić information content (AvgIpc) is 2.89. The van der Waals surface area contributed by atoms with Crippen LogP contribution in [0.25, 0.3) is 0 Å². The van der Waals surface area contributed by atoms with Crippen molar-refractivity contribution in [2.24, 2.45) is 0 Å². The van der Waals surface area contributed by atoms with Crippen molar-refractivity contribution in [1.82, 2.24) is 0 Å². The Morgan fingerprint density at radius 1 is 1.25 bits per heavy atom. The Morgan fingerprint density at radius 2 is 2.10 bits per heavy atom. The Morgan fingerprint density at radius 3 is 2.95 bits per heavy atom. The predicted octanol–water partition coefficient (Wildman–Crippen LogP) is 3.32. The second-order valence-corrected chi connectivity index (χ2v) is 4.86. The molecule has 20 heavy (non-hydrogen) atoms. The molecule has 1 amide bonds. The van der Waals surface area contributed by atoms with Crippen LogP contribution in [0.15, 0.2) is 36.4 Å². The van der Waals surface area contributed by atoms with Crippen LogP contribution in [0.2, 0.25) is 0 Å². The van der Waals surface area contributed by atoms with Gasteiger partial charge in [-0.25, -0.2) is 4.39 Å². The number of nitrogens with one attached hydrogen (secondary N) is 1. The Balaban J connectivity index is 1.84. The summed E-state index contributed by atoms with van der Waals surface area (Å²) in [6, 6.07) is 9.94. The summed E-state index contributed by atoms with van der Waals surface area (Å²) < 4.78 is 19.1. The molecule has 0 radical (unpaired) electrons. The lowest BCUT2D eigenvalue weighted by molar-refractivity contribution is 0.102. The summed E-state index contributed by atoms with van der Waals surface area (Å²) in [5.74, 6) is -0.104. The van der Waals surface area contributed by atoms with Gasteiger partial charge in [0.1, 0.15) is 11.6 Å². The minimum absolute atomic E-state index is 0.0572. The van der Waals surface area contributed by atoms with Crippen LogP contribution in [-0.2, 0) is 6.42 Å². The van der Waals surface area contributed by atoms with E-state index in [9.17, 15) is 9.18 Å². The molecule has 0 saturated heterocycles. The highest BCUT2D eigenvalue weighted by atomic mass is 19.1. The maximum absolute atomic E-state index is 13.7. The maximum atomic E-state index is 13.7. The molecule has 4 heteroatoms. The zero-order chi connectivity index (χ0) is 14.1. The first kappa shape index (κ1) is 12.7. The van der Waals surface area contributed by atoms with Gasteiger partial charge in [0, 0.05) is 12.1 Å². The van der Waals surface area contributed by atoms with Gasteiger partial charge < -0.3 is 10.1 Å². The second-order valence-electron chi connectivity index (χ2n) is 4.86. The number of halogens is 1. The van der Waals surface area contributed by atoms with Crippen molar-refractivity contribution in [2.75, 3.05) is 11.9 Å². The lowest BCUT2D eigenvalue weighted by Crippen LogP contribution is -2.14. The molecule has 0 atom stereocenters. The molecular formula is C16H14FNO2. The second kappa shape index (κ2) is 4.96. The molecule has 0 spiro atoms. The molecule has 0 unspecified atom stereocenters. The molecule has 0 fully saturated rings. The average molecular weight is 271 g/mol. The van der Waals surface area contributed by atoms with Crippen LogP contribution in [0.5, 0.6) is 5.75 Å². The number of amides is 1. The molecule has 2 aromatic rings. The molecule has 2 aromatic carbocycles. The van der Waals surface area contributed by atoms with Crippen molar-refractivity contribution in [3.63, 3.8) is 0 Å². The summed E-state index contributed by atoms with van der Waals surface area (Å²) >= 11 is 0. The lowest BCUT2D eigenvalue weighted by Gasteiger charge is -2.08. The van der Waals surface area contributed by atoms with Crippen molar-refractivity contribution in [3.05, 3.63) is 58.9 Å². The highest BCUT2D eigenvalue weighted by molar-refractivity contribution is 6.04. The van der Waals surface area contributed by atoms with Gasteiger partial charge in [0.05, 0.1) is 12.2 Å². The summed E-state index contributed by atoms with van der Waals surface area (Å²) in [6.07, 6.45) is 0.831. The van der Waals surface area contributed by atoms with Gasteiger partial charge in [0.25, 0.3) is 5.91 Å². The third kappa shape index (κ3) is 2.37.